The number of carboxylic acid groups (broad SMARTS) is 1. The second-order valence-corrected chi connectivity index (χ2v) is 5.32. The highest BCUT2D eigenvalue weighted by Crippen LogP contribution is 2.30. The van der Waals surface area contributed by atoms with Gasteiger partial charge in [-0.25, -0.2) is 4.79 Å². The van der Waals surface area contributed by atoms with Crippen molar-refractivity contribution in [3.63, 3.8) is 0 Å². The number of aromatic nitrogens is 1. The molecule has 0 spiro atoms. The largest absolute Gasteiger partial charge is 0.478 e. The summed E-state index contributed by atoms with van der Waals surface area (Å²) in [6, 6.07) is 1.73. The average molecular weight is 302 g/mol. The van der Waals surface area contributed by atoms with Gasteiger partial charge in [0.05, 0.1) is 30.4 Å². The first-order chi connectivity index (χ1) is 10.7. The lowest BCUT2D eigenvalue weighted by Gasteiger charge is -2.29. The molecule has 1 aliphatic rings. The number of fused-ring (bicyclic) bond motifs is 1. The quantitative estimate of drug-likeness (QED) is 0.911. The molecule has 0 fully saturated rings. The number of methoxy groups -OCH3 is 1. The molecule has 116 valence electrons. The molecule has 1 aliphatic heterocycles. The summed E-state index contributed by atoms with van der Waals surface area (Å²) in [7, 11) is 1.68. The number of hydrogen-bond donors (Lipinski definition) is 1. The Hall–Kier alpha value is -2.18. The smallest absolute Gasteiger partial charge is 0.338 e. The van der Waals surface area contributed by atoms with Crippen molar-refractivity contribution in [1.29, 1.82) is 0 Å². The number of carbonyl (C=O) groups is 1. The predicted octanol–water partition coefficient (Wildman–Crippen LogP) is 2.04. The van der Waals surface area contributed by atoms with E-state index in [9.17, 15) is 9.90 Å². The Balaban J connectivity index is 1.97. The van der Waals surface area contributed by atoms with E-state index in [2.05, 4.69) is 9.88 Å². The van der Waals surface area contributed by atoms with Gasteiger partial charge in [-0.3, -0.25) is 9.88 Å². The van der Waals surface area contributed by atoms with Gasteiger partial charge in [0.25, 0.3) is 0 Å². The SMILES string of the molecule is COCCN1CCc2c(cnc(-c3ccoc3)c2C(=O)O)C1. The molecular formula is C16H18N2O4. The fourth-order valence-corrected chi connectivity index (χ4v) is 2.86. The first-order valence-electron chi connectivity index (χ1n) is 7.18. The first kappa shape index (κ1) is 14.7. The van der Waals surface area contributed by atoms with Crippen LogP contribution < -0.4 is 0 Å². The lowest BCUT2D eigenvalue weighted by atomic mass is 9.93. The van der Waals surface area contributed by atoms with E-state index in [1.54, 1.807) is 19.4 Å². The highest BCUT2D eigenvalue weighted by Gasteiger charge is 2.25. The van der Waals surface area contributed by atoms with Crippen molar-refractivity contribution in [1.82, 2.24) is 9.88 Å². The molecule has 22 heavy (non-hydrogen) atoms. The second kappa shape index (κ2) is 6.29. The molecule has 2 aromatic rings. The van der Waals surface area contributed by atoms with E-state index in [-0.39, 0.29) is 0 Å². The third kappa shape index (κ3) is 2.75. The summed E-state index contributed by atoms with van der Waals surface area (Å²) in [5.41, 5.74) is 3.33. The molecule has 0 radical (unpaired) electrons. The third-order valence-electron chi connectivity index (χ3n) is 3.97. The maximum atomic E-state index is 11.7. The van der Waals surface area contributed by atoms with E-state index in [0.717, 1.165) is 24.2 Å². The molecular weight excluding hydrogens is 284 g/mol. The van der Waals surface area contributed by atoms with E-state index in [0.29, 0.717) is 36.4 Å². The van der Waals surface area contributed by atoms with Gasteiger partial charge in [0.15, 0.2) is 0 Å². The van der Waals surface area contributed by atoms with Gasteiger partial charge in [-0.05, 0) is 23.6 Å². The van der Waals surface area contributed by atoms with Crippen LogP contribution in [0.15, 0.2) is 29.2 Å². The monoisotopic (exact) mass is 302 g/mol. The van der Waals surface area contributed by atoms with Crippen LogP contribution in [0.2, 0.25) is 0 Å². The Kier molecular flexibility index (Phi) is 4.22. The number of pyridine rings is 1. The topological polar surface area (TPSA) is 75.8 Å². The summed E-state index contributed by atoms with van der Waals surface area (Å²) in [5.74, 6) is -0.939. The minimum Gasteiger partial charge on any atom is -0.478 e. The summed E-state index contributed by atoms with van der Waals surface area (Å²) >= 11 is 0. The van der Waals surface area contributed by atoms with Crippen LogP contribution in [-0.4, -0.2) is 47.8 Å². The zero-order valence-electron chi connectivity index (χ0n) is 12.4. The molecule has 0 atom stereocenters. The molecule has 6 heteroatoms. The summed E-state index contributed by atoms with van der Waals surface area (Å²) in [6.45, 7) is 3.03. The van der Waals surface area contributed by atoms with Gasteiger partial charge in [0.1, 0.15) is 0 Å². The Morgan fingerprint density at radius 2 is 2.41 bits per heavy atom. The Morgan fingerprint density at radius 1 is 1.55 bits per heavy atom. The van der Waals surface area contributed by atoms with Crippen LogP contribution in [0.1, 0.15) is 21.5 Å². The molecule has 1 N–H and O–H groups in total. The highest BCUT2D eigenvalue weighted by molar-refractivity contribution is 5.96. The van der Waals surface area contributed by atoms with Crippen LogP contribution in [0.4, 0.5) is 0 Å². The summed E-state index contributed by atoms with van der Waals surface area (Å²) in [4.78, 5) is 18.4. The van der Waals surface area contributed by atoms with E-state index >= 15 is 0 Å². The van der Waals surface area contributed by atoms with Crippen molar-refractivity contribution < 1.29 is 19.1 Å². The van der Waals surface area contributed by atoms with Crippen molar-refractivity contribution in [2.45, 2.75) is 13.0 Å². The lowest BCUT2D eigenvalue weighted by molar-refractivity contribution is 0.0694. The number of carboxylic acids is 1. The fraction of sp³-hybridized carbons (Fsp3) is 0.375. The fourth-order valence-electron chi connectivity index (χ4n) is 2.86. The normalized spacial score (nSPS) is 14.8. The molecule has 0 bridgehead atoms. The van der Waals surface area contributed by atoms with Crippen molar-refractivity contribution >= 4 is 5.97 Å². The standard InChI is InChI=1S/C16H18N2O4/c1-21-7-5-18-4-2-13-12(9-18)8-17-15(14(13)16(19)20)11-3-6-22-10-11/h3,6,8,10H,2,4-5,7,9H2,1H3,(H,19,20). The molecule has 0 unspecified atom stereocenters. The number of hydrogen-bond acceptors (Lipinski definition) is 5. The second-order valence-electron chi connectivity index (χ2n) is 5.32. The number of ether oxygens (including phenoxy) is 1. The summed E-state index contributed by atoms with van der Waals surface area (Å²) in [6.07, 6.45) is 5.53. The first-order valence-corrected chi connectivity index (χ1v) is 7.18. The molecule has 0 aliphatic carbocycles. The number of rotatable bonds is 5. The number of aromatic carboxylic acids is 1. The highest BCUT2D eigenvalue weighted by atomic mass is 16.5. The molecule has 0 saturated carbocycles. The number of nitrogens with zero attached hydrogens (tertiary/aromatic N) is 2. The van der Waals surface area contributed by atoms with Crippen LogP contribution in [0, 0.1) is 0 Å². The van der Waals surface area contributed by atoms with Crippen molar-refractivity contribution in [2.24, 2.45) is 0 Å². The molecule has 6 nitrogen and oxygen atoms in total. The minimum atomic E-state index is -0.939. The molecule has 0 saturated heterocycles. The van der Waals surface area contributed by atoms with Crippen LogP contribution >= 0.6 is 0 Å². The summed E-state index contributed by atoms with van der Waals surface area (Å²) in [5, 5.41) is 9.62. The molecule has 3 rings (SSSR count). The van der Waals surface area contributed by atoms with Gasteiger partial charge in [-0.15, -0.1) is 0 Å². The Morgan fingerprint density at radius 3 is 3.09 bits per heavy atom. The van der Waals surface area contributed by atoms with Crippen molar-refractivity contribution in [2.75, 3.05) is 26.8 Å². The van der Waals surface area contributed by atoms with Gasteiger partial charge in [-0.2, -0.15) is 0 Å². The Bertz CT molecular complexity index is 667. The lowest BCUT2D eigenvalue weighted by Crippen LogP contribution is -2.34. The zero-order valence-corrected chi connectivity index (χ0v) is 12.4. The van der Waals surface area contributed by atoms with Crippen LogP contribution in [0.5, 0.6) is 0 Å². The maximum absolute atomic E-state index is 11.7. The van der Waals surface area contributed by atoms with E-state index < -0.39 is 5.97 Å². The van der Waals surface area contributed by atoms with Gasteiger partial charge >= 0.3 is 5.97 Å². The van der Waals surface area contributed by atoms with Crippen molar-refractivity contribution in [3.05, 3.63) is 41.5 Å². The van der Waals surface area contributed by atoms with E-state index in [4.69, 9.17) is 9.15 Å². The average Bonchev–Trinajstić information content (AvgIpc) is 3.05. The predicted molar refractivity (Wildman–Crippen MR) is 79.8 cm³/mol. The maximum Gasteiger partial charge on any atom is 0.338 e. The molecule has 3 heterocycles. The number of furan rings is 1. The minimum absolute atomic E-state index is 0.297. The van der Waals surface area contributed by atoms with E-state index in [1.807, 2.05) is 0 Å². The van der Waals surface area contributed by atoms with Gasteiger partial charge in [0, 0.05) is 38.5 Å². The van der Waals surface area contributed by atoms with E-state index in [1.165, 1.54) is 12.5 Å². The molecule has 0 amide bonds. The van der Waals surface area contributed by atoms with Gasteiger partial charge < -0.3 is 14.3 Å². The van der Waals surface area contributed by atoms with Crippen LogP contribution in [0.3, 0.4) is 0 Å². The summed E-state index contributed by atoms with van der Waals surface area (Å²) < 4.78 is 10.2. The molecule has 2 aromatic heterocycles. The van der Waals surface area contributed by atoms with Gasteiger partial charge in [0.2, 0.25) is 0 Å². The Labute approximate surface area is 128 Å². The van der Waals surface area contributed by atoms with Crippen LogP contribution in [-0.2, 0) is 17.7 Å². The van der Waals surface area contributed by atoms with Crippen LogP contribution in [0.25, 0.3) is 11.3 Å². The van der Waals surface area contributed by atoms with Crippen molar-refractivity contribution in [3.8, 4) is 11.3 Å². The molecule has 0 aromatic carbocycles. The van der Waals surface area contributed by atoms with Gasteiger partial charge in [-0.1, -0.05) is 0 Å². The zero-order chi connectivity index (χ0) is 15.5. The third-order valence-corrected chi connectivity index (χ3v) is 3.97.